The van der Waals surface area contributed by atoms with E-state index in [0.717, 1.165) is 6.07 Å². The zero-order valence-electron chi connectivity index (χ0n) is 10.8. The molecule has 0 radical (unpaired) electrons. The molecule has 2 rings (SSSR count). The van der Waals surface area contributed by atoms with Gasteiger partial charge in [0.1, 0.15) is 0 Å². The van der Waals surface area contributed by atoms with Crippen LogP contribution in [0.4, 0.5) is 13.2 Å². The van der Waals surface area contributed by atoms with Gasteiger partial charge in [-0.05, 0) is 11.6 Å². The van der Waals surface area contributed by atoms with Crippen LogP contribution >= 0.6 is 0 Å². The van der Waals surface area contributed by atoms with Gasteiger partial charge in [-0.3, -0.25) is 4.79 Å². The van der Waals surface area contributed by atoms with Crippen molar-refractivity contribution < 1.29 is 18.0 Å². The molecule has 2 aromatic rings. The van der Waals surface area contributed by atoms with Gasteiger partial charge in [-0.1, -0.05) is 55.5 Å². The van der Waals surface area contributed by atoms with E-state index in [1.807, 2.05) is 0 Å². The Balaban J connectivity index is 2.40. The van der Waals surface area contributed by atoms with Crippen LogP contribution in [0.2, 0.25) is 0 Å². The highest BCUT2D eigenvalue weighted by atomic mass is 19.4. The Bertz CT molecular complexity index is 603. The summed E-state index contributed by atoms with van der Waals surface area (Å²) in [7, 11) is 0. The van der Waals surface area contributed by atoms with Gasteiger partial charge < -0.3 is 0 Å². The van der Waals surface area contributed by atoms with E-state index in [-0.39, 0.29) is 11.3 Å². The fraction of sp³-hybridized carbons (Fsp3) is 0.188. The van der Waals surface area contributed by atoms with E-state index in [4.69, 9.17) is 0 Å². The van der Waals surface area contributed by atoms with E-state index >= 15 is 0 Å². The lowest BCUT2D eigenvalue weighted by molar-refractivity contribution is -0.138. The molecule has 0 saturated heterocycles. The van der Waals surface area contributed by atoms with Crippen molar-refractivity contribution in [3.8, 4) is 0 Å². The number of alkyl halides is 3. The minimum atomic E-state index is -4.46. The van der Waals surface area contributed by atoms with Crippen LogP contribution in [0.1, 0.15) is 34.3 Å². The fourth-order valence-electron chi connectivity index (χ4n) is 2.13. The van der Waals surface area contributed by atoms with Gasteiger partial charge in [0.15, 0.2) is 5.78 Å². The molecule has 0 amide bonds. The second kappa shape index (κ2) is 5.49. The molecule has 0 heterocycles. The minimum Gasteiger partial charge on any atom is -0.294 e. The molecule has 0 aliphatic carbocycles. The largest absolute Gasteiger partial charge is 0.416 e. The highest BCUT2D eigenvalue weighted by Gasteiger charge is 2.35. The van der Waals surface area contributed by atoms with Gasteiger partial charge in [0, 0.05) is 11.5 Å². The number of benzene rings is 2. The molecule has 0 N–H and O–H groups in total. The molecule has 0 spiro atoms. The van der Waals surface area contributed by atoms with E-state index in [1.165, 1.54) is 25.1 Å². The quantitative estimate of drug-likeness (QED) is 0.744. The third-order valence-electron chi connectivity index (χ3n) is 3.18. The van der Waals surface area contributed by atoms with Crippen LogP contribution in [-0.4, -0.2) is 5.78 Å². The molecule has 0 fully saturated rings. The predicted octanol–water partition coefficient (Wildman–Crippen LogP) is 4.69. The maximum absolute atomic E-state index is 13.0. The zero-order chi connectivity index (χ0) is 14.8. The van der Waals surface area contributed by atoms with Gasteiger partial charge in [0.05, 0.1) is 5.56 Å². The average molecular weight is 278 g/mol. The van der Waals surface area contributed by atoms with Crippen molar-refractivity contribution in [2.24, 2.45) is 0 Å². The molecule has 1 nitrogen and oxygen atoms in total. The Kier molecular flexibility index (Phi) is 3.93. The number of Topliss-reactive ketones (excluding diaryl/α,β-unsaturated/α-hetero) is 1. The van der Waals surface area contributed by atoms with Gasteiger partial charge >= 0.3 is 6.18 Å². The van der Waals surface area contributed by atoms with Crippen molar-refractivity contribution in [1.82, 2.24) is 0 Å². The Hall–Kier alpha value is -2.10. The first-order valence-electron chi connectivity index (χ1n) is 6.16. The van der Waals surface area contributed by atoms with Crippen LogP contribution < -0.4 is 0 Å². The number of halogens is 3. The first-order valence-corrected chi connectivity index (χ1v) is 6.16. The SMILES string of the molecule is CC(C(=O)c1ccccc1)c1ccccc1C(F)(F)F. The van der Waals surface area contributed by atoms with E-state index in [2.05, 4.69) is 0 Å². The lowest BCUT2D eigenvalue weighted by Crippen LogP contribution is -2.16. The molecule has 0 bridgehead atoms. The van der Waals surface area contributed by atoms with Gasteiger partial charge in [-0.2, -0.15) is 13.2 Å². The highest BCUT2D eigenvalue weighted by molar-refractivity contribution is 6.00. The topological polar surface area (TPSA) is 17.1 Å². The standard InChI is InChI=1S/C16H13F3O/c1-11(15(20)12-7-3-2-4-8-12)13-9-5-6-10-14(13)16(17,18)19/h2-11H,1H3. The van der Waals surface area contributed by atoms with Crippen LogP contribution in [0.15, 0.2) is 54.6 Å². The number of carbonyl (C=O) groups is 1. The molecular weight excluding hydrogens is 265 g/mol. The average Bonchev–Trinajstić information content (AvgIpc) is 2.46. The molecule has 4 heteroatoms. The Labute approximate surface area is 115 Å². The summed E-state index contributed by atoms with van der Waals surface area (Å²) < 4.78 is 38.9. The maximum Gasteiger partial charge on any atom is 0.416 e. The van der Waals surface area contributed by atoms with Gasteiger partial charge in [0.25, 0.3) is 0 Å². The van der Waals surface area contributed by atoms with E-state index < -0.39 is 17.7 Å². The second-order valence-electron chi connectivity index (χ2n) is 4.54. The molecule has 2 aromatic carbocycles. The highest BCUT2D eigenvalue weighted by Crippen LogP contribution is 2.35. The van der Waals surface area contributed by atoms with Crippen molar-refractivity contribution in [3.05, 3.63) is 71.3 Å². The number of rotatable bonds is 3. The Morgan fingerprint density at radius 2 is 1.50 bits per heavy atom. The summed E-state index contributed by atoms with van der Waals surface area (Å²) in [5, 5.41) is 0. The summed E-state index contributed by atoms with van der Waals surface area (Å²) in [5.74, 6) is -1.16. The number of hydrogen-bond acceptors (Lipinski definition) is 1. The molecule has 1 atom stereocenters. The predicted molar refractivity (Wildman–Crippen MR) is 70.6 cm³/mol. The van der Waals surface area contributed by atoms with Crippen molar-refractivity contribution >= 4 is 5.78 Å². The van der Waals surface area contributed by atoms with Crippen molar-refractivity contribution in [3.63, 3.8) is 0 Å². The normalized spacial score (nSPS) is 13.0. The molecule has 0 aliphatic rings. The van der Waals surface area contributed by atoms with Crippen LogP contribution in [0, 0.1) is 0 Å². The van der Waals surface area contributed by atoms with Gasteiger partial charge in [0.2, 0.25) is 0 Å². The lowest BCUT2D eigenvalue weighted by Gasteiger charge is -2.17. The molecule has 0 saturated carbocycles. The van der Waals surface area contributed by atoms with Gasteiger partial charge in [-0.25, -0.2) is 0 Å². The smallest absolute Gasteiger partial charge is 0.294 e. The molecule has 0 aromatic heterocycles. The third kappa shape index (κ3) is 2.90. The summed E-state index contributed by atoms with van der Waals surface area (Å²) >= 11 is 0. The summed E-state index contributed by atoms with van der Waals surface area (Å²) in [6, 6.07) is 13.5. The van der Waals surface area contributed by atoms with Crippen LogP contribution in [0.25, 0.3) is 0 Å². The van der Waals surface area contributed by atoms with Crippen molar-refractivity contribution in [2.75, 3.05) is 0 Å². The maximum atomic E-state index is 13.0. The van der Waals surface area contributed by atoms with Gasteiger partial charge in [-0.15, -0.1) is 0 Å². The monoisotopic (exact) mass is 278 g/mol. The summed E-state index contributed by atoms with van der Waals surface area (Å²) in [6.45, 7) is 1.50. The summed E-state index contributed by atoms with van der Waals surface area (Å²) in [4.78, 5) is 12.3. The Morgan fingerprint density at radius 3 is 2.10 bits per heavy atom. The number of hydrogen-bond donors (Lipinski definition) is 0. The van der Waals surface area contributed by atoms with E-state index in [0.29, 0.717) is 5.56 Å². The molecule has 0 aliphatic heterocycles. The molecule has 104 valence electrons. The fourth-order valence-corrected chi connectivity index (χ4v) is 2.13. The van der Waals surface area contributed by atoms with Crippen LogP contribution in [0.3, 0.4) is 0 Å². The van der Waals surface area contributed by atoms with Crippen LogP contribution in [-0.2, 0) is 6.18 Å². The summed E-state index contributed by atoms with van der Waals surface area (Å²) in [5.41, 5.74) is -0.331. The molecular formula is C16H13F3O. The number of carbonyl (C=O) groups excluding carboxylic acids is 1. The third-order valence-corrected chi connectivity index (χ3v) is 3.18. The molecule has 20 heavy (non-hydrogen) atoms. The first-order chi connectivity index (χ1) is 9.41. The van der Waals surface area contributed by atoms with Crippen molar-refractivity contribution in [1.29, 1.82) is 0 Å². The summed E-state index contributed by atoms with van der Waals surface area (Å²) in [6.07, 6.45) is -4.46. The minimum absolute atomic E-state index is 0.00820. The molecule has 1 unspecified atom stereocenters. The van der Waals surface area contributed by atoms with Crippen molar-refractivity contribution in [2.45, 2.75) is 19.0 Å². The Morgan fingerprint density at radius 1 is 0.950 bits per heavy atom. The number of ketones is 1. The van der Waals surface area contributed by atoms with Crippen LogP contribution in [0.5, 0.6) is 0 Å². The van der Waals surface area contributed by atoms with E-state index in [1.54, 1.807) is 30.3 Å². The zero-order valence-corrected chi connectivity index (χ0v) is 10.8. The first kappa shape index (κ1) is 14.3. The lowest BCUT2D eigenvalue weighted by atomic mass is 9.89. The second-order valence-corrected chi connectivity index (χ2v) is 4.54. The van der Waals surface area contributed by atoms with E-state index in [9.17, 15) is 18.0 Å².